The molecule has 1 amide bonds. The Labute approximate surface area is 123 Å². The van der Waals surface area contributed by atoms with E-state index in [4.69, 9.17) is 5.73 Å². The van der Waals surface area contributed by atoms with Crippen LogP contribution in [0.5, 0.6) is 0 Å². The van der Waals surface area contributed by atoms with Crippen molar-refractivity contribution in [3.05, 3.63) is 45.6 Å². The van der Waals surface area contributed by atoms with Crippen molar-refractivity contribution in [3.63, 3.8) is 0 Å². The van der Waals surface area contributed by atoms with Crippen molar-refractivity contribution in [2.45, 2.75) is 13.5 Å². The van der Waals surface area contributed by atoms with Crippen molar-refractivity contribution in [2.24, 2.45) is 0 Å². The largest absolute Gasteiger partial charge is 0.397 e. The Kier molecular flexibility index (Phi) is 4.29. The molecular weight excluding hydrogens is 270 g/mol. The van der Waals surface area contributed by atoms with Gasteiger partial charge in [-0.3, -0.25) is 4.79 Å². The zero-order valence-electron chi connectivity index (χ0n) is 11.9. The van der Waals surface area contributed by atoms with Crippen LogP contribution in [0.1, 0.15) is 20.8 Å². The summed E-state index contributed by atoms with van der Waals surface area (Å²) >= 11 is 1.71. The first-order chi connectivity index (χ1) is 9.49. The molecule has 0 unspecified atom stereocenters. The first kappa shape index (κ1) is 14.4. The van der Waals surface area contributed by atoms with Gasteiger partial charge in [-0.2, -0.15) is 0 Å². The number of hydrogen-bond acceptors (Lipinski definition) is 4. The van der Waals surface area contributed by atoms with E-state index in [0.717, 1.165) is 5.69 Å². The van der Waals surface area contributed by atoms with Crippen molar-refractivity contribution < 1.29 is 4.79 Å². The van der Waals surface area contributed by atoms with Gasteiger partial charge < -0.3 is 16.0 Å². The number of nitrogens with two attached hydrogens (primary N) is 1. The van der Waals surface area contributed by atoms with E-state index in [1.54, 1.807) is 48.5 Å². The van der Waals surface area contributed by atoms with Crippen LogP contribution in [-0.2, 0) is 6.54 Å². The Bertz CT molecular complexity index is 619. The summed E-state index contributed by atoms with van der Waals surface area (Å²) in [4.78, 5) is 14.8. The van der Waals surface area contributed by atoms with E-state index >= 15 is 0 Å². The SMILES string of the molecule is Cc1ccsc1CNc1cc(C(=O)N(C)C)ccc1N. The molecule has 0 saturated heterocycles. The number of hydrogen-bond donors (Lipinski definition) is 2. The number of carbonyl (C=O) groups excluding carboxylic acids is 1. The van der Waals surface area contributed by atoms with Crippen molar-refractivity contribution >= 4 is 28.6 Å². The average Bonchev–Trinajstić information content (AvgIpc) is 2.82. The van der Waals surface area contributed by atoms with Gasteiger partial charge in [-0.1, -0.05) is 0 Å². The second-order valence-corrected chi connectivity index (χ2v) is 5.88. The lowest BCUT2D eigenvalue weighted by atomic mass is 10.1. The number of anilines is 2. The highest BCUT2D eigenvalue weighted by atomic mass is 32.1. The number of aryl methyl sites for hydroxylation is 1. The van der Waals surface area contributed by atoms with Crippen LogP contribution in [0.2, 0.25) is 0 Å². The fourth-order valence-electron chi connectivity index (χ4n) is 1.86. The second-order valence-electron chi connectivity index (χ2n) is 4.88. The number of carbonyl (C=O) groups is 1. The number of thiophene rings is 1. The van der Waals surface area contributed by atoms with Crippen LogP contribution in [0.15, 0.2) is 29.6 Å². The van der Waals surface area contributed by atoms with E-state index in [-0.39, 0.29) is 5.91 Å². The molecule has 2 rings (SSSR count). The normalized spacial score (nSPS) is 10.3. The lowest BCUT2D eigenvalue weighted by molar-refractivity contribution is 0.0827. The summed E-state index contributed by atoms with van der Waals surface area (Å²) in [5.74, 6) is -0.0274. The maximum atomic E-state index is 12.0. The Balaban J connectivity index is 2.17. The molecule has 0 bridgehead atoms. The Morgan fingerprint density at radius 1 is 1.35 bits per heavy atom. The highest BCUT2D eigenvalue weighted by Crippen LogP contribution is 2.23. The maximum absolute atomic E-state index is 12.0. The van der Waals surface area contributed by atoms with Crippen LogP contribution in [0.25, 0.3) is 0 Å². The molecule has 0 spiro atoms. The minimum atomic E-state index is -0.0274. The molecule has 0 aliphatic heterocycles. The second kappa shape index (κ2) is 5.96. The van der Waals surface area contributed by atoms with Gasteiger partial charge >= 0.3 is 0 Å². The zero-order chi connectivity index (χ0) is 14.7. The topological polar surface area (TPSA) is 58.4 Å². The number of nitrogens with zero attached hydrogens (tertiary/aromatic N) is 1. The smallest absolute Gasteiger partial charge is 0.253 e. The molecule has 20 heavy (non-hydrogen) atoms. The van der Waals surface area contributed by atoms with Crippen molar-refractivity contribution in [3.8, 4) is 0 Å². The molecule has 0 fully saturated rings. The first-order valence-electron chi connectivity index (χ1n) is 6.37. The minimum absolute atomic E-state index is 0.0274. The summed E-state index contributed by atoms with van der Waals surface area (Å²) in [6, 6.07) is 7.41. The number of nitrogens with one attached hydrogen (secondary N) is 1. The third kappa shape index (κ3) is 3.11. The number of amides is 1. The monoisotopic (exact) mass is 289 g/mol. The van der Waals surface area contributed by atoms with Crippen LogP contribution >= 0.6 is 11.3 Å². The average molecular weight is 289 g/mol. The molecule has 0 saturated carbocycles. The molecule has 0 radical (unpaired) electrons. The lowest BCUT2D eigenvalue weighted by Gasteiger charge is -2.14. The number of rotatable bonds is 4. The van der Waals surface area contributed by atoms with Crippen molar-refractivity contribution in [2.75, 3.05) is 25.1 Å². The van der Waals surface area contributed by atoms with Gasteiger partial charge in [-0.05, 0) is 42.1 Å². The van der Waals surface area contributed by atoms with Gasteiger partial charge in [0.15, 0.2) is 0 Å². The van der Waals surface area contributed by atoms with Crippen LogP contribution in [0.3, 0.4) is 0 Å². The highest BCUT2D eigenvalue weighted by Gasteiger charge is 2.10. The van der Waals surface area contributed by atoms with Gasteiger partial charge in [-0.25, -0.2) is 0 Å². The predicted molar refractivity (Wildman–Crippen MR) is 85.3 cm³/mol. The van der Waals surface area contributed by atoms with E-state index in [0.29, 0.717) is 17.8 Å². The molecule has 1 aromatic heterocycles. The quantitative estimate of drug-likeness (QED) is 0.851. The fraction of sp³-hybridized carbons (Fsp3) is 0.267. The first-order valence-corrected chi connectivity index (χ1v) is 7.25. The number of benzene rings is 1. The minimum Gasteiger partial charge on any atom is -0.397 e. The fourth-order valence-corrected chi connectivity index (χ4v) is 2.71. The van der Waals surface area contributed by atoms with Crippen LogP contribution < -0.4 is 11.1 Å². The molecule has 5 heteroatoms. The van der Waals surface area contributed by atoms with E-state index in [2.05, 4.69) is 23.7 Å². The van der Waals surface area contributed by atoms with Crippen LogP contribution in [0.4, 0.5) is 11.4 Å². The third-order valence-corrected chi connectivity index (χ3v) is 4.14. The summed E-state index contributed by atoms with van der Waals surface area (Å²) in [5, 5.41) is 5.38. The van der Waals surface area contributed by atoms with Crippen molar-refractivity contribution in [1.82, 2.24) is 4.90 Å². The summed E-state index contributed by atoms with van der Waals surface area (Å²) in [5.41, 5.74) is 9.30. The van der Waals surface area contributed by atoms with E-state index in [1.165, 1.54) is 10.4 Å². The standard InChI is InChI=1S/C15H19N3OS/c1-10-6-7-20-14(10)9-17-13-8-11(4-5-12(13)16)15(19)18(2)3/h4-8,17H,9,16H2,1-3H3. The Morgan fingerprint density at radius 2 is 2.10 bits per heavy atom. The van der Waals surface area contributed by atoms with E-state index in [9.17, 15) is 4.79 Å². The summed E-state index contributed by atoms with van der Waals surface area (Å²) < 4.78 is 0. The molecule has 0 aliphatic rings. The van der Waals surface area contributed by atoms with E-state index in [1.807, 2.05) is 0 Å². The highest BCUT2D eigenvalue weighted by molar-refractivity contribution is 7.10. The van der Waals surface area contributed by atoms with Gasteiger partial charge in [0.25, 0.3) is 5.91 Å². The van der Waals surface area contributed by atoms with Gasteiger partial charge in [0.1, 0.15) is 0 Å². The molecule has 3 N–H and O–H groups in total. The van der Waals surface area contributed by atoms with Crippen LogP contribution in [0, 0.1) is 6.92 Å². The number of nitrogen functional groups attached to an aromatic ring is 1. The molecule has 4 nitrogen and oxygen atoms in total. The van der Waals surface area contributed by atoms with E-state index < -0.39 is 0 Å². The molecule has 0 aliphatic carbocycles. The van der Waals surface area contributed by atoms with Crippen molar-refractivity contribution in [1.29, 1.82) is 0 Å². The molecule has 0 atom stereocenters. The molecule has 1 aromatic carbocycles. The van der Waals surface area contributed by atoms with Crippen LogP contribution in [-0.4, -0.2) is 24.9 Å². The van der Waals surface area contributed by atoms with Gasteiger partial charge in [-0.15, -0.1) is 11.3 Å². The molecule has 1 heterocycles. The summed E-state index contributed by atoms with van der Waals surface area (Å²) in [7, 11) is 3.47. The Morgan fingerprint density at radius 3 is 2.70 bits per heavy atom. The van der Waals surface area contributed by atoms with Gasteiger partial charge in [0, 0.05) is 31.1 Å². The summed E-state index contributed by atoms with van der Waals surface area (Å²) in [6.45, 7) is 2.80. The summed E-state index contributed by atoms with van der Waals surface area (Å²) in [6.07, 6.45) is 0. The maximum Gasteiger partial charge on any atom is 0.253 e. The molecule has 106 valence electrons. The molecule has 2 aromatic rings. The zero-order valence-corrected chi connectivity index (χ0v) is 12.8. The molecular formula is C15H19N3OS. The lowest BCUT2D eigenvalue weighted by Crippen LogP contribution is -2.21. The van der Waals surface area contributed by atoms with Gasteiger partial charge in [0.05, 0.1) is 11.4 Å². The van der Waals surface area contributed by atoms with Gasteiger partial charge in [0.2, 0.25) is 0 Å². The predicted octanol–water partition coefficient (Wildman–Crippen LogP) is 2.95. The Hall–Kier alpha value is -2.01. The third-order valence-electron chi connectivity index (χ3n) is 3.11.